The second-order valence-electron chi connectivity index (χ2n) is 7.07. The van der Waals surface area contributed by atoms with E-state index in [9.17, 15) is 9.59 Å². The van der Waals surface area contributed by atoms with Gasteiger partial charge in [0, 0.05) is 33.7 Å². The number of halogens is 2. The molecule has 3 aromatic carbocycles. The Hall–Kier alpha value is -3.28. The lowest BCUT2D eigenvalue weighted by Gasteiger charge is -2.14. The monoisotopic (exact) mass is 468 g/mol. The van der Waals surface area contributed by atoms with E-state index in [4.69, 9.17) is 37.4 Å². The van der Waals surface area contributed by atoms with Crippen LogP contribution in [0, 0.1) is 0 Å². The van der Waals surface area contributed by atoms with Crippen LogP contribution in [-0.4, -0.2) is 19.0 Å². The molecule has 5 nitrogen and oxygen atoms in total. The van der Waals surface area contributed by atoms with Gasteiger partial charge in [-0.25, -0.2) is 4.79 Å². The SMILES string of the molecule is COc1ccc(-c2cc(Cl)c(C3=C(OC(C)=O)C(c4ccccc4)OC3=O)cc2Cl)cc1. The first-order valence-electron chi connectivity index (χ1n) is 9.71. The minimum Gasteiger partial charge on any atom is -0.497 e. The van der Waals surface area contributed by atoms with Gasteiger partial charge in [0.1, 0.15) is 11.3 Å². The van der Waals surface area contributed by atoms with Crippen LogP contribution < -0.4 is 4.74 Å². The molecular formula is C25H18Cl2O5. The molecule has 0 aromatic heterocycles. The van der Waals surface area contributed by atoms with Gasteiger partial charge in [-0.15, -0.1) is 0 Å². The molecular weight excluding hydrogens is 451 g/mol. The number of ether oxygens (including phenoxy) is 3. The van der Waals surface area contributed by atoms with Crippen LogP contribution in [-0.2, 0) is 19.1 Å². The standard InChI is InChI=1S/C25H18Cl2O5/c1-14(28)31-24-22(25(29)32-23(24)16-6-4-3-5-7-16)19-13-20(26)18(12-21(19)27)15-8-10-17(30-2)11-9-15/h3-13,23H,1-2H3. The molecule has 1 atom stereocenters. The predicted octanol–water partition coefficient (Wildman–Crippen LogP) is 6.24. The minimum atomic E-state index is -0.862. The molecule has 0 saturated heterocycles. The number of esters is 2. The molecule has 162 valence electrons. The molecule has 1 aliphatic rings. The summed E-state index contributed by atoms with van der Waals surface area (Å²) in [4.78, 5) is 24.7. The van der Waals surface area contributed by atoms with Crippen molar-refractivity contribution in [3.05, 3.63) is 93.7 Å². The molecule has 7 heteroatoms. The van der Waals surface area contributed by atoms with E-state index in [0.717, 1.165) is 5.56 Å². The molecule has 1 heterocycles. The molecule has 4 rings (SSSR count). The van der Waals surface area contributed by atoms with E-state index < -0.39 is 18.0 Å². The Morgan fingerprint density at radius 1 is 0.938 bits per heavy atom. The molecule has 0 amide bonds. The van der Waals surface area contributed by atoms with E-state index in [2.05, 4.69) is 0 Å². The first-order valence-corrected chi connectivity index (χ1v) is 10.5. The second kappa shape index (κ2) is 9.07. The largest absolute Gasteiger partial charge is 0.497 e. The van der Waals surface area contributed by atoms with Gasteiger partial charge in [0.2, 0.25) is 0 Å². The Morgan fingerprint density at radius 2 is 1.56 bits per heavy atom. The summed E-state index contributed by atoms with van der Waals surface area (Å²) >= 11 is 13.2. The van der Waals surface area contributed by atoms with Gasteiger partial charge in [-0.05, 0) is 29.8 Å². The summed E-state index contributed by atoms with van der Waals surface area (Å²) in [5.41, 5.74) is 2.58. The summed E-state index contributed by atoms with van der Waals surface area (Å²) < 4.78 is 16.2. The maximum Gasteiger partial charge on any atom is 0.343 e. The molecule has 1 aliphatic heterocycles. The fraction of sp³-hybridized carbons (Fsp3) is 0.120. The number of benzene rings is 3. The fourth-order valence-corrected chi connectivity index (χ4v) is 4.06. The molecule has 3 aromatic rings. The van der Waals surface area contributed by atoms with Crippen molar-refractivity contribution in [2.45, 2.75) is 13.0 Å². The van der Waals surface area contributed by atoms with E-state index in [0.29, 0.717) is 27.5 Å². The molecule has 0 aliphatic carbocycles. The first kappa shape index (κ1) is 21.9. The number of methoxy groups -OCH3 is 1. The highest BCUT2D eigenvalue weighted by Gasteiger charge is 2.39. The average molecular weight is 469 g/mol. The summed E-state index contributed by atoms with van der Waals surface area (Å²) in [5.74, 6) is -0.424. The molecule has 0 saturated carbocycles. The van der Waals surface area contributed by atoms with Gasteiger partial charge in [-0.3, -0.25) is 4.79 Å². The first-order chi connectivity index (χ1) is 15.4. The highest BCUT2D eigenvalue weighted by molar-refractivity contribution is 6.38. The zero-order valence-electron chi connectivity index (χ0n) is 17.2. The van der Waals surface area contributed by atoms with E-state index in [1.54, 1.807) is 43.5 Å². The van der Waals surface area contributed by atoms with Gasteiger partial charge in [-0.1, -0.05) is 65.7 Å². The Balaban J connectivity index is 1.83. The molecule has 32 heavy (non-hydrogen) atoms. The van der Waals surface area contributed by atoms with Crippen molar-refractivity contribution in [1.29, 1.82) is 0 Å². The van der Waals surface area contributed by atoms with Crippen LogP contribution >= 0.6 is 23.2 Å². The van der Waals surface area contributed by atoms with Crippen LogP contribution in [0.2, 0.25) is 10.0 Å². The van der Waals surface area contributed by atoms with Crippen LogP contribution in [0.25, 0.3) is 16.7 Å². The Bertz CT molecular complexity index is 1220. The van der Waals surface area contributed by atoms with Crippen LogP contribution in [0.15, 0.2) is 72.5 Å². The van der Waals surface area contributed by atoms with Crippen molar-refractivity contribution in [3.63, 3.8) is 0 Å². The van der Waals surface area contributed by atoms with Gasteiger partial charge < -0.3 is 14.2 Å². The van der Waals surface area contributed by atoms with Crippen LogP contribution in [0.4, 0.5) is 0 Å². The quantitative estimate of drug-likeness (QED) is 0.414. The van der Waals surface area contributed by atoms with Crippen LogP contribution in [0.3, 0.4) is 0 Å². The molecule has 0 fully saturated rings. The smallest absolute Gasteiger partial charge is 0.343 e. The highest BCUT2D eigenvalue weighted by Crippen LogP contribution is 2.44. The zero-order valence-corrected chi connectivity index (χ0v) is 18.7. The maximum atomic E-state index is 12.9. The van der Waals surface area contributed by atoms with E-state index in [1.165, 1.54) is 6.92 Å². The minimum absolute atomic E-state index is 0.0715. The van der Waals surface area contributed by atoms with Gasteiger partial charge in [0.05, 0.1) is 7.11 Å². The molecule has 0 spiro atoms. The van der Waals surface area contributed by atoms with Crippen molar-refractivity contribution < 1.29 is 23.8 Å². The summed E-state index contributed by atoms with van der Waals surface area (Å²) in [6.45, 7) is 1.26. The summed E-state index contributed by atoms with van der Waals surface area (Å²) in [5, 5.41) is 0.644. The lowest BCUT2D eigenvalue weighted by Crippen LogP contribution is -2.07. The van der Waals surface area contributed by atoms with Crippen molar-refractivity contribution in [2.24, 2.45) is 0 Å². The number of carbonyl (C=O) groups excluding carboxylic acids is 2. The highest BCUT2D eigenvalue weighted by atomic mass is 35.5. The number of carbonyl (C=O) groups is 2. The molecule has 1 unspecified atom stereocenters. The van der Waals surface area contributed by atoms with Gasteiger partial charge in [0.25, 0.3) is 0 Å². The van der Waals surface area contributed by atoms with Crippen LogP contribution in [0.1, 0.15) is 24.2 Å². The number of cyclic esters (lactones) is 1. The predicted molar refractivity (Wildman–Crippen MR) is 122 cm³/mol. The van der Waals surface area contributed by atoms with E-state index >= 15 is 0 Å². The maximum absolute atomic E-state index is 12.9. The Morgan fingerprint density at radius 3 is 2.19 bits per heavy atom. The molecule has 0 bridgehead atoms. The zero-order chi connectivity index (χ0) is 22.8. The lowest BCUT2D eigenvalue weighted by molar-refractivity contribution is -0.143. The number of hydrogen-bond donors (Lipinski definition) is 0. The van der Waals surface area contributed by atoms with Crippen molar-refractivity contribution in [3.8, 4) is 16.9 Å². The van der Waals surface area contributed by atoms with Crippen molar-refractivity contribution in [2.75, 3.05) is 7.11 Å². The van der Waals surface area contributed by atoms with E-state index in [1.807, 2.05) is 30.3 Å². The number of hydrogen-bond acceptors (Lipinski definition) is 5. The molecule has 0 radical (unpaired) electrons. The van der Waals surface area contributed by atoms with Crippen molar-refractivity contribution >= 4 is 40.7 Å². The van der Waals surface area contributed by atoms with Gasteiger partial charge in [-0.2, -0.15) is 0 Å². The second-order valence-corrected chi connectivity index (χ2v) is 7.88. The topological polar surface area (TPSA) is 61.8 Å². The lowest BCUT2D eigenvalue weighted by atomic mass is 9.98. The van der Waals surface area contributed by atoms with Crippen molar-refractivity contribution in [1.82, 2.24) is 0 Å². The number of rotatable bonds is 5. The Kier molecular flexibility index (Phi) is 6.21. The van der Waals surface area contributed by atoms with E-state index in [-0.39, 0.29) is 16.4 Å². The molecule has 0 N–H and O–H groups in total. The summed E-state index contributed by atoms with van der Waals surface area (Å²) in [6.07, 6.45) is -0.862. The fourth-order valence-electron chi connectivity index (χ4n) is 3.53. The summed E-state index contributed by atoms with van der Waals surface area (Å²) in [7, 11) is 1.59. The Labute approximate surface area is 195 Å². The van der Waals surface area contributed by atoms with Gasteiger partial charge in [0.15, 0.2) is 11.9 Å². The normalized spacial score (nSPS) is 15.5. The third-order valence-electron chi connectivity index (χ3n) is 5.00. The summed E-state index contributed by atoms with van der Waals surface area (Å²) in [6, 6.07) is 19.6. The van der Waals surface area contributed by atoms with Gasteiger partial charge >= 0.3 is 11.9 Å². The third-order valence-corrected chi connectivity index (χ3v) is 5.62. The van der Waals surface area contributed by atoms with Crippen LogP contribution in [0.5, 0.6) is 5.75 Å². The average Bonchev–Trinajstić information content (AvgIpc) is 3.10. The third kappa shape index (κ3) is 4.22.